The van der Waals surface area contributed by atoms with Gasteiger partial charge in [-0.1, -0.05) is 11.8 Å². The van der Waals surface area contributed by atoms with Crippen molar-refractivity contribution in [3.8, 4) is 0 Å². The topological polar surface area (TPSA) is 169 Å². The number of nitrogens with one attached hydrogen (secondary N) is 1. The number of carbonyl (C=O) groups is 2. The zero-order valence-corrected chi connectivity index (χ0v) is 24.0. The van der Waals surface area contributed by atoms with Crippen molar-refractivity contribution < 1.29 is 87.5 Å². The molecule has 0 saturated carbocycles. The summed E-state index contributed by atoms with van der Waals surface area (Å²) in [5.41, 5.74) is -0.207. The van der Waals surface area contributed by atoms with Crippen LogP contribution in [0.25, 0.3) is 0 Å². The van der Waals surface area contributed by atoms with Gasteiger partial charge >= 0.3 is 59.1 Å². The van der Waals surface area contributed by atoms with Crippen molar-refractivity contribution in [1.82, 2.24) is 30.4 Å². The molecule has 2 aromatic heterocycles. The monoisotopic (exact) mass is 516 g/mol. The van der Waals surface area contributed by atoms with E-state index < -0.39 is 36.3 Å². The van der Waals surface area contributed by atoms with Gasteiger partial charge in [-0.05, 0) is 35.7 Å². The van der Waals surface area contributed by atoms with Crippen LogP contribution in [0.5, 0.6) is 0 Å². The Bertz CT molecular complexity index is 1060. The maximum atomic E-state index is 12.6. The van der Waals surface area contributed by atoms with Gasteiger partial charge in [-0.2, -0.15) is 0 Å². The standard InChI is InChI=1S/C15H17N6O6PS2.2Na/c1-20-15(17-18-19-20)30-7-8-6-29-14-11(12(23)21(14)13(8)28(24,25)26)16-10(22)5-9-3-2-4-27-9;;/h2-4,11,14H,5-7H2,1H3,(H,16,22)(H2,24,25,26);;/q;2*+1/p-2/t11-,14+;;/m1../s1. The number of hydrogen-bond acceptors (Lipinski definition) is 11. The molecule has 2 atom stereocenters. The van der Waals surface area contributed by atoms with Crippen LogP contribution in [0.1, 0.15) is 5.76 Å². The fourth-order valence-corrected chi connectivity index (χ4v) is 6.80. The van der Waals surface area contributed by atoms with Gasteiger partial charge in [0, 0.05) is 18.6 Å². The number of furan rings is 1. The normalized spacial score (nSPS) is 20.1. The number of aromatic nitrogens is 4. The maximum Gasteiger partial charge on any atom is 1.00 e. The van der Waals surface area contributed by atoms with E-state index in [0.29, 0.717) is 16.5 Å². The molecule has 12 nitrogen and oxygen atoms in total. The molecule has 4 heterocycles. The average Bonchev–Trinajstić information content (AvgIpc) is 3.34. The van der Waals surface area contributed by atoms with E-state index in [1.165, 1.54) is 22.7 Å². The molecule has 1 saturated heterocycles. The summed E-state index contributed by atoms with van der Waals surface area (Å²) in [6.07, 6.45) is 1.38. The number of aryl methyl sites for hydroxylation is 1. The van der Waals surface area contributed by atoms with Crippen molar-refractivity contribution in [3.63, 3.8) is 0 Å². The van der Waals surface area contributed by atoms with Gasteiger partial charge in [-0.15, -0.1) is 16.9 Å². The molecular weight excluding hydrogens is 501 g/mol. The maximum absolute atomic E-state index is 12.6. The minimum absolute atomic E-state index is 0. The van der Waals surface area contributed by atoms with Crippen LogP contribution in [0.4, 0.5) is 0 Å². The summed E-state index contributed by atoms with van der Waals surface area (Å²) in [5, 5.41) is 13.4. The van der Waals surface area contributed by atoms with Gasteiger partial charge in [-0.25, -0.2) is 4.68 Å². The first kappa shape index (κ1) is 28.1. The van der Waals surface area contributed by atoms with Crippen LogP contribution in [0, 0.1) is 0 Å². The van der Waals surface area contributed by atoms with Crippen molar-refractivity contribution in [3.05, 3.63) is 35.2 Å². The molecule has 2 aromatic rings. The summed E-state index contributed by atoms with van der Waals surface area (Å²) in [4.78, 5) is 49.7. The smallest absolute Gasteiger partial charge is 0.806 e. The Morgan fingerprint density at radius 2 is 2.19 bits per heavy atom. The quantitative estimate of drug-likeness (QED) is 0.161. The Kier molecular flexibility index (Phi) is 10.1. The largest absolute Gasteiger partial charge is 1.00 e. The van der Waals surface area contributed by atoms with Crippen LogP contribution >= 0.6 is 31.1 Å². The number of amides is 2. The molecular formula is C15H15N6Na2O6PS2. The molecule has 0 aromatic carbocycles. The van der Waals surface area contributed by atoms with Crippen LogP contribution in [0.3, 0.4) is 0 Å². The van der Waals surface area contributed by atoms with Crippen molar-refractivity contribution in [2.45, 2.75) is 23.0 Å². The van der Waals surface area contributed by atoms with E-state index in [9.17, 15) is 23.9 Å². The summed E-state index contributed by atoms with van der Waals surface area (Å²) >= 11 is 2.44. The number of nitrogens with zero attached hydrogens (tertiary/aromatic N) is 5. The summed E-state index contributed by atoms with van der Waals surface area (Å²) in [7, 11) is -3.60. The van der Waals surface area contributed by atoms with E-state index in [-0.39, 0.29) is 77.0 Å². The van der Waals surface area contributed by atoms with E-state index in [0.717, 1.165) is 16.7 Å². The fraction of sp³-hybridized carbons (Fsp3) is 0.400. The Hall–Kier alpha value is -0.120. The first-order valence-electron chi connectivity index (χ1n) is 8.62. The van der Waals surface area contributed by atoms with E-state index in [1.807, 2.05) is 0 Å². The summed E-state index contributed by atoms with van der Waals surface area (Å²) in [6, 6.07) is 2.37. The molecule has 0 unspecified atom stereocenters. The van der Waals surface area contributed by atoms with Crippen LogP contribution in [-0.2, 0) is 27.6 Å². The molecule has 0 radical (unpaired) electrons. The molecule has 4 rings (SSSR count). The zero-order chi connectivity index (χ0) is 21.5. The van der Waals surface area contributed by atoms with Gasteiger partial charge in [0.05, 0.1) is 18.1 Å². The third-order valence-electron chi connectivity index (χ3n) is 4.46. The van der Waals surface area contributed by atoms with Gasteiger partial charge in [0.2, 0.25) is 11.1 Å². The van der Waals surface area contributed by atoms with Crippen molar-refractivity contribution >= 4 is 42.9 Å². The number of thioether (sulfide) groups is 2. The molecule has 2 amide bonds. The van der Waals surface area contributed by atoms with E-state index >= 15 is 0 Å². The third-order valence-corrected chi connectivity index (χ3v) is 7.95. The Morgan fingerprint density at radius 1 is 1.44 bits per heavy atom. The second kappa shape index (κ2) is 11.5. The van der Waals surface area contributed by atoms with Crippen molar-refractivity contribution in [2.75, 3.05) is 11.5 Å². The van der Waals surface area contributed by atoms with Gasteiger partial charge in [0.25, 0.3) is 5.91 Å². The van der Waals surface area contributed by atoms with Gasteiger partial charge in [-0.3, -0.25) is 14.5 Å². The molecule has 2 aliphatic rings. The molecule has 0 spiro atoms. The minimum atomic E-state index is -5.23. The molecule has 1 N–H and O–H groups in total. The van der Waals surface area contributed by atoms with Gasteiger partial charge in [0.15, 0.2) is 0 Å². The molecule has 160 valence electrons. The van der Waals surface area contributed by atoms with E-state index in [1.54, 1.807) is 19.2 Å². The Labute approximate surface area is 235 Å². The average molecular weight is 516 g/mol. The first-order valence-corrected chi connectivity index (χ1v) is 12.2. The Morgan fingerprint density at radius 3 is 2.78 bits per heavy atom. The number of carbonyl (C=O) groups excluding carboxylic acids is 2. The van der Waals surface area contributed by atoms with E-state index in [2.05, 4.69) is 20.8 Å². The zero-order valence-electron chi connectivity index (χ0n) is 17.5. The number of β-lactam (4-membered cyclic amide) rings is 1. The second-order valence-corrected chi connectivity index (χ2v) is 9.98. The minimum Gasteiger partial charge on any atom is -0.806 e. The predicted octanol–water partition coefficient (Wildman–Crippen LogP) is -7.33. The molecule has 32 heavy (non-hydrogen) atoms. The fourth-order valence-electron chi connectivity index (χ4n) is 3.14. The van der Waals surface area contributed by atoms with Crippen LogP contribution in [0.15, 0.2) is 39.0 Å². The molecule has 17 heteroatoms. The SMILES string of the molecule is Cn1nnnc1SCC1=C(P(=O)([O-])[O-])N2C(=O)[C@@H](NC(=O)Cc3ccco3)[C@@H]2SC1.[Na+].[Na+]. The van der Waals surface area contributed by atoms with Crippen LogP contribution in [0.2, 0.25) is 0 Å². The van der Waals surface area contributed by atoms with Crippen LogP contribution < -0.4 is 74.2 Å². The number of hydrogen-bond donors (Lipinski definition) is 1. The predicted molar refractivity (Wildman–Crippen MR) is 102 cm³/mol. The van der Waals surface area contributed by atoms with Crippen LogP contribution in [-0.4, -0.2) is 59.8 Å². The van der Waals surface area contributed by atoms with Crippen molar-refractivity contribution in [2.24, 2.45) is 7.05 Å². The first-order chi connectivity index (χ1) is 14.3. The van der Waals surface area contributed by atoms with E-state index in [4.69, 9.17) is 4.42 Å². The summed E-state index contributed by atoms with van der Waals surface area (Å²) in [5.74, 6) is -0.269. The summed E-state index contributed by atoms with van der Waals surface area (Å²) in [6.45, 7) is 0. The number of rotatable bonds is 7. The van der Waals surface area contributed by atoms with Crippen molar-refractivity contribution in [1.29, 1.82) is 0 Å². The van der Waals surface area contributed by atoms with Gasteiger partial charge < -0.3 is 24.1 Å². The van der Waals surface area contributed by atoms with Gasteiger partial charge in [0.1, 0.15) is 17.2 Å². The third kappa shape index (κ3) is 5.92. The number of tetrazole rings is 1. The number of fused-ring (bicyclic) bond motifs is 1. The Balaban J connectivity index is 0.00000181. The molecule has 0 aliphatic carbocycles. The molecule has 1 fully saturated rings. The summed E-state index contributed by atoms with van der Waals surface area (Å²) < 4.78 is 18.5. The second-order valence-electron chi connectivity index (χ2n) is 6.51. The molecule has 2 aliphatic heterocycles. The molecule has 0 bridgehead atoms.